The topological polar surface area (TPSA) is 312 Å². The summed E-state index contributed by atoms with van der Waals surface area (Å²) in [6.45, 7) is 16.5. The summed E-state index contributed by atoms with van der Waals surface area (Å²) >= 11 is 0. The van der Waals surface area contributed by atoms with Crippen molar-refractivity contribution in [1.82, 2.24) is 0 Å². The number of hydrogen-bond acceptors (Lipinski definition) is 18. The van der Waals surface area contributed by atoms with E-state index >= 15 is 0 Å². The van der Waals surface area contributed by atoms with Crippen LogP contribution in [-0.4, -0.2) is 180 Å². The van der Waals surface area contributed by atoms with Crippen LogP contribution < -0.4 is 0 Å². The third-order valence-electron chi connectivity index (χ3n) is 19.7. The van der Waals surface area contributed by atoms with Crippen LogP contribution >= 0.6 is 0 Å². The summed E-state index contributed by atoms with van der Waals surface area (Å²) in [6, 6.07) is 0. The van der Waals surface area contributed by atoms with Gasteiger partial charge in [0.2, 0.25) is 6.29 Å². The van der Waals surface area contributed by atoms with Gasteiger partial charge in [0, 0.05) is 0 Å². The molecule has 0 aromatic heterocycles. The Morgan fingerprint density at radius 3 is 1.82 bits per heavy atom. The zero-order chi connectivity index (χ0) is 49.1. The molecule has 0 aromatic carbocycles. The summed E-state index contributed by atoms with van der Waals surface area (Å²) in [5, 5.41) is 115. The molecule has 3 saturated heterocycles. The van der Waals surface area contributed by atoms with Crippen molar-refractivity contribution in [2.24, 2.45) is 56.7 Å². The molecular formula is C48H76O19. The monoisotopic (exact) mass is 956 g/mol. The van der Waals surface area contributed by atoms with Gasteiger partial charge in [0.1, 0.15) is 67.1 Å². The van der Waals surface area contributed by atoms with Crippen LogP contribution in [0, 0.1) is 56.7 Å². The van der Waals surface area contributed by atoms with Gasteiger partial charge in [-0.3, -0.25) is 4.79 Å². The highest BCUT2D eigenvalue weighted by atomic mass is 16.8. The molecular weight excluding hydrogens is 881 g/mol. The minimum Gasteiger partial charge on any atom is -0.479 e. The molecule has 67 heavy (non-hydrogen) atoms. The zero-order valence-corrected chi connectivity index (χ0v) is 39.5. The number of carbonyl (C=O) groups excluding carboxylic acids is 1. The van der Waals surface area contributed by atoms with Crippen LogP contribution in [-0.2, 0) is 38.0 Å². The maximum Gasteiger partial charge on any atom is 0.335 e. The molecule has 0 bridgehead atoms. The first kappa shape index (κ1) is 51.4. The van der Waals surface area contributed by atoms with E-state index in [1.807, 2.05) is 6.92 Å². The molecule has 0 aromatic rings. The van der Waals surface area contributed by atoms with Gasteiger partial charge in [-0.25, -0.2) is 4.79 Å². The molecule has 382 valence electrons. The number of carboxylic acid groups (broad SMARTS) is 1. The van der Waals surface area contributed by atoms with Crippen molar-refractivity contribution >= 4 is 11.9 Å². The summed E-state index contributed by atoms with van der Waals surface area (Å²) in [5.74, 6) is -1.63. The van der Waals surface area contributed by atoms with E-state index in [0.29, 0.717) is 19.3 Å². The van der Waals surface area contributed by atoms with E-state index in [1.165, 1.54) is 0 Å². The lowest BCUT2D eigenvalue weighted by molar-refractivity contribution is -0.375. The van der Waals surface area contributed by atoms with Gasteiger partial charge in [-0.15, -0.1) is 0 Å². The van der Waals surface area contributed by atoms with Gasteiger partial charge in [0.15, 0.2) is 18.7 Å². The highest BCUT2D eigenvalue weighted by Gasteiger charge is 2.73. The van der Waals surface area contributed by atoms with Gasteiger partial charge >= 0.3 is 11.9 Å². The van der Waals surface area contributed by atoms with Crippen molar-refractivity contribution in [2.45, 2.75) is 204 Å². The normalized spacial score (nSPS) is 53.9. The number of ether oxygens (including phenoxy) is 6. The second-order valence-electron chi connectivity index (χ2n) is 23.0. The van der Waals surface area contributed by atoms with E-state index in [4.69, 9.17) is 28.4 Å². The first-order valence-corrected chi connectivity index (χ1v) is 24.4. The first-order chi connectivity index (χ1) is 31.3. The number of hydrogen-bond donors (Lipinski definition) is 11. The van der Waals surface area contributed by atoms with Crippen LogP contribution in [0.4, 0.5) is 0 Å². The van der Waals surface area contributed by atoms with Crippen LogP contribution in [0.3, 0.4) is 0 Å². The average molecular weight is 957 g/mol. The number of aliphatic carboxylic acids is 1. The Morgan fingerprint density at radius 1 is 0.612 bits per heavy atom. The number of carbonyl (C=O) groups is 2. The van der Waals surface area contributed by atoms with E-state index in [-0.39, 0.29) is 45.8 Å². The second kappa shape index (κ2) is 18.3. The molecule has 0 amide bonds. The van der Waals surface area contributed by atoms with Gasteiger partial charge in [0.25, 0.3) is 0 Å². The third-order valence-corrected chi connectivity index (χ3v) is 19.7. The zero-order valence-electron chi connectivity index (χ0n) is 39.5. The largest absolute Gasteiger partial charge is 0.479 e. The van der Waals surface area contributed by atoms with Crippen molar-refractivity contribution in [3.63, 3.8) is 0 Å². The molecule has 0 radical (unpaired) electrons. The fourth-order valence-electron chi connectivity index (χ4n) is 15.9. The van der Waals surface area contributed by atoms with Crippen LogP contribution in [0.15, 0.2) is 12.2 Å². The van der Waals surface area contributed by atoms with Gasteiger partial charge in [-0.05, 0) is 122 Å². The van der Waals surface area contributed by atoms with E-state index in [9.17, 15) is 65.8 Å². The van der Waals surface area contributed by atoms with Gasteiger partial charge in [0.05, 0.1) is 24.7 Å². The molecule has 19 heteroatoms. The molecule has 25 unspecified atom stereocenters. The predicted molar refractivity (Wildman–Crippen MR) is 231 cm³/mol. The van der Waals surface area contributed by atoms with Crippen molar-refractivity contribution in [3.8, 4) is 0 Å². The van der Waals surface area contributed by atoms with Crippen molar-refractivity contribution in [1.29, 1.82) is 0 Å². The van der Waals surface area contributed by atoms with Crippen LogP contribution in [0.1, 0.15) is 106 Å². The number of aliphatic hydroxyl groups excluding tert-OH is 10. The van der Waals surface area contributed by atoms with Crippen LogP contribution in [0.2, 0.25) is 0 Å². The van der Waals surface area contributed by atoms with Gasteiger partial charge < -0.3 is 84.6 Å². The second-order valence-corrected chi connectivity index (χ2v) is 23.0. The smallest absolute Gasteiger partial charge is 0.335 e. The van der Waals surface area contributed by atoms with E-state index < -0.39 is 134 Å². The minimum atomic E-state index is -1.98. The predicted octanol–water partition coefficient (Wildman–Crippen LogP) is 0.0887. The summed E-state index contributed by atoms with van der Waals surface area (Å²) < 4.78 is 35.7. The van der Waals surface area contributed by atoms with Crippen LogP contribution in [0.25, 0.3) is 0 Å². The maximum atomic E-state index is 14.7. The molecule has 8 rings (SSSR count). The highest BCUT2D eigenvalue weighted by molar-refractivity contribution is 5.78. The number of fused-ring (bicyclic) bond motifs is 7. The molecule has 3 heterocycles. The molecule has 25 atom stereocenters. The molecule has 8 aliphatic rings. The van der Waals surface area contributed by atoms with Crippen molar-refractivity contribution in [3.05, 3.63) is 12.2 Å². The fourth-order valence-corrected chi connectivity index (χ4v) is 15.9. The average Bonchev–Trinajstić information content (AvgIpc) is 3.68. The number of esters is 1. The molecule has 19 nitrogen and oxygen atoms in total. The quantitative estimate of drug-likeness (QED) is 0.0785. The number of rotatable bonds is 10. The molecule has 11 N–H and O–H groups in total. The Bertz CT molecular complexity index is 1850. The Labute approximate surface area is 391 Å². The Balaban J connectivity index is 1.03. The van der Waals surface area contributed by atoms with Crippen LogP contribution in [0.5, 0.6) is 0 Å². The fraction of sp³-hybridized carbons (Fsp3) is 0.917. The Hall–Kier alpha value is -1.92. The number of carboxylic acids is 1. The standard InChI is InChI=1S/C48H76O19/c1-20(2)21-10-15-48(43(61)67-41-36(58)32(54)30(52)24(19-50)63-41)17-16-46(6)22(28(21)48)8-9-26-45(5)13-12-27(44(3,4)25(45)11-14-47(26,46)7)64-42-38(34(56)33(55)37(65-42)39(59)60)66-40-35(57)31(53)29(51)23(18-49)62-40/h21-38,40-42,49-58H,1,8-19H2,2-7H3,(H,59,60). The lowest BCUT2D eigenvalue weighted by Crippen LogP contribution is -2.68. The highest BCUT2D eigenvalue weighted by Crippen LogP contribution is 2.78. The summed E-state index contributed by atoms with van der Waals surface area (Å²) in [7, 11) is 0. The first-order valence-electron chi connectivity index (χ1n) is 24.4. The summed E-state index contributed by atoms with van der Waals surface area (Å²) in [6.07, 6.45) is -18.4. The van der Waals surface area contributed by atoms with Crippen molar-refractivity contribution in [2.75, 3.05) is 13.2 Å². The SMILES string of the molecule is C=C(C)C1CCC2(C(=O)OC3OC(CO)C(O)C(O)C3O)CCC3(C)C(CCC4C5(C)CCC(OC6OC(C(=O)O)C(O)C(O)C6OC6OC(CO)C(O)C(O)C6O)C(C)(C)C5CCC43C)C12. The molecule has 8 fully saturated rings. The Kier molecular flexibility index (Phi) is 14.0. The molecule has 0 spiro atoms. The van der Waals surface area contributed by atoms with Gasteiger partial charge in [-0.1, -0.05) is 46.8 Å². The molecule has 5 aliphatic carbocycles. The molecule has 5 saturated carbocycles. The van der Waals surface area contributed by atoms with Gasteiger partial charge in [-0.2, -0.15) is 0 Å². The summed E-state index contributed by atoms with van der Waals surface area (Å²) in [4.78, 5) is 27.0. The van der Waals surface area contributed by atoms with E-state index in [1.54, 1.807) is 0 Å². The van der Waals surface area contributed by atoms with E-state index in [0.717, 1.165) is 50.5 Å². The van der Waals surface area contributed by atoms with Crippen molar-refractivity contribution < 1.29 is 94.2 Å². The lowest BCUT2D eigenvalue weighted by Gasteiger charge is -2.73. The number of allylic oxidation sites excluding steroid dienone is 1. The van der Waals surface area contributed by atoms with E-state index in [2.05, 4.69) is 41.2 Å². The number of aliphatic hydroxyl groups is 10. The maximum absolute atomic E-state index is 14.7. The summed E-state index contributed by atoms with van der Waals surface area (Å²) in [5.41, 5.74) is -1.02. The lowest BCUT2D eigenvalue weighted by atomic mass is 9.32. The molecule has 3 aliphatic heterocycles. The minimum absolute atomic E-state index is 0.0430. The Morgan fingerprint density at radius 2 is 1.22 bits per heavy atom. The third kappa shape index (κ3) is 7.88.